The molecule has 16 heavy (non-hydrogen) atoms. The first-order valence-electron chi connectivity index (χ1n) is 6.66. The van der Waals surface area contributed by atoms with Gasteiger partial charge in [0.05, 0.1) is 12.7 Å². The number of methoxy groups -OCH3 is 1. The lowest BCUT2D eigenvalue weighted by molar-refractivity contribution is 0.0477. The molecule has 98 valence electrons. The zero-order chi connectivity index (χ0) is 12.4. The SMILES string of the molecule is CCCCCCCC(CO[Si](C)(C)C)OC. The van der Waals surface area contributed by atoms with Crippen LogP contribution in [0.2, 0.25) is 19.6 Å². The summed E-state index contributed by atoms with van der Waals surface area (Å²) in [6, 6.07) is 0. The maximum Gasteiger partial charge on any atom is 0.183 e. The van der Waals surface area contributed by atoms with Crippen molar-refractivity contribution in [3.63, 3.8) is 0 Å². The Balaban J connectivity index is 3.52. The second-order valence-electron chi connectivity index (χ2n) is 5.48. The average Bonchev–Trinajstić information content (AvgIpc) is 2.21. The highest BCUT2D eigenvalue weighted by Crippen LogP contribution is 2.11. The molecule has 0 aliphatic rings. The molecule has 0 rings (SSSR count). The van der Waals surface area contributed by atoms with Gasteiger partial charge in [-0.15, -0.1) is 0 Å². The minimum absolute atomic E-state index is 0.299. The molecule has 0 radical (unpaired) electrons. The molecule has 0 saturated carbocycles. The minimum atomic E-state index is -1.38. The van der Waals surface area contributed by atoms with Crippen LogP contribution in [0.3, 0.4) is 0 Å². The number of unbranched alkanes of at least 4 members (excludes halogenated alkanes) is 4. The van der Waals surface area contributed by atoms with Crippen LogP contribution >= 0.6 is 0 Å². The van der Waals surface area contributed by atoms with Crippen LogP contribution in [-0.4, -0.2) is 28.1 Å². The topological polar surface area (TPSA) is 18.5 Å². The molecule has 1 unspecified atom stereocenters. The van der Waals surface area contributed by atoms with E-state index in [1.165, 1.54) is 32.1 Å². The van der Waals surface area contributed by atoms with Gasteiger partial charge in [-0.3, -0.25) is 0 Å². The fraction of sp³-hybridized carbons (Fsp3) is 1.00. The lowest BCUT2D eigenvalue weighted by atomic mass is 10.1. The highest BCUT2D eigenvalue weighted by molar-refractivity contribution is 6.69. The molecule has 0 saturated heterocycles. The first kappa shape index (κ1) is 16.1. The zero-order valence-corrected chi connectivity index (χ0v) is 12.8. The lowest BCUT2D eigenvalue weighted by Crippen LogP contribution is -2.31. The van der Waals surface area contributed by atoms with Gasteiger partial charge in [0.1, 0.15) is 0 Å². The van der Waals surface area contributed by atoms with Crippen LogP contribution in [0.4, 0.5) is 0 Å². The van der Waals surface area contributed by atoms with Gasteiger partial charge in [-0.05, 0) is 26.1 Å². The van der Waals surface area contributed by atoms with Gasteiger partial charge in [0, 0.05) is 7.11 Å². The maximum atomic E-state index is 5.87. The van der Waals surface area contributed by atoms with Crippen molar-refractivity contribution in [1.82, 2.24) is 0 Å². The van der Waals surface area contributed by atoms with Gasteiger partial charge in [0.2, 0.25) is 0 Å². The fourth-order valence-electron chi connectivity index (χ4n) is 1.59. The van der Waals surface area contributed by atoms with Crippen LogP contribution in [0.15, 0.2) is 0 Å². The summed E-state index contributed by atoms with van der Waals surface area (Å²) in [5.41, 5.74) is 0. The van der Waals surface area contributed by atoms with Crippen molar-refractivity contribution < 1.29 is 9.16 Å². The Labute approximate surface area is 103 Å². The first-order valence-corrected chi connectivity index (χ1v) is 10.1. The smallest absolute Gasteiger partial charge is 0.183 e. The van der Waals surface area contributed by atoms with Crippen LogP contribution in [-0.2, 0) is 9.16 Å². The molecule has 0 aromatic heterocycles. The van der Waals surface area contributed by atoms with Crippen molar-refractivity contribution in [2.45, 2.75) is 71.2 Å². The largest absolute Gasteiger partial charge is 0.415 e. The number of hydrogen-bond donors (Lipinski definition) is 0. The second kappa shape index (κ2) is 9.20. The molecule has 0 aromatic rings. The van der Waals surface area contributed by atoms with Crippen LogP contribution in [0.5, 0.6) is 0 Å². The van der Waals surface area contributed by atoms with Crippen LogP contribution in [0.25, 0.3) is 0 Å². The van der Waals surface area contributed by atoms with E-state index in [2.05, 4.69) is 26.6 Å². The van der Waals surface area contributed by atoms with Crippen LogP contribution in [0.1, 0.15) is 45.4 Å². The predicted octanol–water partition coefficient (Wildman–Crippen LogP) is 4.21. The third kappa shape index (κ3) is 10.6. The maximum absolute atomic E-state index is 5.87. The highest BCUT2D eigenvalue weighted by atomic mass is 28.4. The van der Waals surface area contributed by atoms with Gasteiger partial charge in [-0.1, -0.05) is 39.0 Å². The average molecular weight is 246 g/mol. The first-order chi connectivity index (χ1) is 7.49. The monoisotopic (exact) mass is 246 g/mol. The molecule has 0 N–H and O–H groups in total. The molecule has 0 aliphatic carbocycles. The van der Waals surface area contributed by atoms with Gasteiger partial charge in [0.15, 0.2) is 8.32 Å². The molecule has 0 aliphatic heterocycles. The highest BCUT2D eigenvalue weighted by Gasteiger charge is 2.17. The molecular weight excluding hydrogens is 216 g/mol. The van der Waals surface area contributed by atoms with E-state index < -0.39 is 8.32 Å². The molecule has 0 fully saturated rings. The summed E-state index contributed by atoms with van der Waals surface area (Å²) in [5, 5.41) is 0. The molecule has 0 spiro atoms. The second-order valence-corrected chi connectivity index (χ2v) is 10.00. The van der Waals surface area contributed by atoms with Crippen LogP contribution < -0.4 is 0 Å². The third-order valence-corrected chi connectivity index (χ3v) is 3.70. The van der Waals surface area contributed by atoms with Crippen molar-refractivity contribution in [3.05, 3.63) is 0 Å². The molecule has 3 heteroatoms. The van der Waals surface area contributed by atoms with Crippen LogP contribution in [0, 0.1) is 0 Å². The number of rotatable bonds is 10. The lowest BCUT2D eigenvalue weighted by Gasteiger charge is -2.22. The van der Waals surface area contributed by atoms with E-state index in [4.69, 9.17) is 9.16 Å². The van der Waals surface area contributed by atoms with E-state index in [9.17, 15) is 0 Å². The van der Waals surface area contributed by atoms with Gasteiger partial charge in [0.25, 0.3) is 0 Å². The van der Waals surface area contributed by atoms with Crippen molar-refractivity contribution in [3.8, 4) is 0 Å². The predicted molar refractivity (Wildman–Crippen MR) is 73.5 cm³/mol. The Kier molecular flexibility index (Phi) is 9.28. The number of hydrogen-bond acceptors (Lipinski definition) is 2. The zero-order valence-electron chi connectivity index (χ0n) is 11.8. The van der Waals surface area contributed by atoms with Gasteiger partial charge in [-0.25, -0.2) is 0 Å². The van der Waals surface area contributed by atoms with Gasteiger partial charge < -0.3 is 9.16 Å². The summed E-state index contributed by atoms with van der Waals surface area (Å²) < 4.78 is 11.3. The summed E-state index contributed by atoms with van der Waals surface area (Å²) >= 11 is 0. The Bertz CT molecular complexity index is 155. The Morgan fingerprint density at radius 1 is 1.00 bits per heavy atom. The molecule has 0 aromatic carbocycles. The summed E-state index contributed by atoms with van der Waals surface area (Å²) in [6.45, 7) is 9.70. The van der Waals surface area contributed by atoms with Crippen molar-refractivity contribution in [1.29, 1.82) is 0 Å². The Hall–Kier alpha value is 0.137. The molecule has 0 heterocycles. The van der Waals surface area contributed by atoms with Crippen molar-refractivity contribution in [2.24, 2.45) is 0 Å². The number of ether oxygens (including phenoxy) is 1. The molecule has 2 nitrogen and oxygen atoms in total. The minimum Gasteiger partial charge on any atom is -0.415 e. The van der Waals surface area contributed by atoms with E-state index >= 15 is 0 Å². The quantitative estimate of drug-likeness (QED) is 0.424. The van der Waals surface area contributed by atoms with E-state index in [0.29, 0.717) is 6.10 Å². The van der Waals surface area contributed by atoms with Crippen molar-refractivity contribution >= 4 is 8.32 Å². The molecule has 0 bridgehead atoms. The Morgan fingerprint density at radius 2 is 1.62 bits per heavy atom. The van der Waals surface area contributed by atoms with E-state index in [-0.39, 0.29) is 0 Å². The summed E-state index contributed by atoms with van der Waals surface area (Å²) in [5.74, 6) is 0. The van der Waals surface area contributed by atoms with E-state index in [1.54, 1.807) is 7.11 Å². The van der Waals surface area contributed by atoms with Crippen molar-refractivity contribution in [2.75, 3.05) is 13.7 Å². The van der Waals surface area contributed by atoms with E-state index in [1.807, 2.05) is 0 Å². The summed E-state index contributed by atoms with van der Waals surface area (Å²) in [4.78, 5) is 0. The Morgan fingerprint density at radius 3 is 2.12 bits per heavy atom. The molecule has 0 amide bonds. The summed E-state index contributed by atoms with van der Waals surface area (Å²) in [7, 11) is 0.419. The van der Waals surface area contributed by atoms with E-state index in [0.717, 1.165) is 13.0 Å². The standard InChI is InChI=1S/C13H30O2Si/c1-6-7-8-9-10-11-13(14-2)12-15-16(3,4)5/h13H,6-12H2,1-5H3. The molecular formula is C13H30O2Si. The normalized spacial score (nSPS) is 14.1. The van der Waals surface area contributed by atoms with Gasteiger partial charge in [-0.2, -0.15) is 0 Å². The summed E-state index contributed by atoms with van der Waals surface area (Å²) in [6.07, 6.45) is 8.09. The third-order valence-electron chi connectivity index (χ3n) is 2.67. The fourth-order valence-corrected chi connectivity index (χ4v) is 2.27. The van der Waals surface area contributed by atoms with Gasteiger partial charge >= 0.3 is 0 Å². The molecule has 1 atom stereocenters.